The number of nitrogens with one attached hydrogen (secondary N) is 1. The number of aromatic amines is 1. The lowest BCUT2D eigenvalue weighted by Crippen LogP contribution is -2.47. The summed E-state index contributed by atoms with van der Waals surface area (Å²) < 4.78 is 7.90. The smallest absolute Gasteiger partial charge is 0.262 e. The SMILES string of the molecule is CCN1CC(CN(C)C(=O)CCn2c(=S)[nH]c3ccccc3c2=O)Oc2ccccc21. The van der Waals surface area contributed by atoms with Crippen molar-refractivity contribution in [2.45, 2.75) is 26.0 Å². The van der Waals surface area contributed by atoms with Gasteiger partial charge in [0.15, 0.2) is 4.77 Å². The van der Waals surface area contributed by atoms with Gasteiger partial charge in [-0.25, -0.2) is 0 Å². The summed E-state index contributed by atoms with van der Waals surface area (Å²) in [6.45, 7) is 4.41. The van der Waals surface area contributed by atoms with Crippen LogP contribution in [0.5, 0.6) is 5.75 Å². The molecule has 162 valence electrons. The van der Waals surface area contributed by atoms with Crippen molar-refractivity contribution in [3.05, 3.63) is 63.7 Å². The Kier molecular flexibility index (Phi) is 6.08. The minimum Gasteiger partial charge on any atom is -0.485 e. The number of carbonyl (C=O) groups excluding carboxylic acids is 1. The van der Waals surface area contributed by atoms with E-state index < -0.39 is 0 Å². The molecule has 8 heteroatoms. The maximum absolute atomic E-state index is 12.8. The number of amides is 1. The maximum atomic E-state index is 12.8. The predicted molar refractivity (Wildman–Crippen MR) is 124 cm³/mol. The van der Waals surface area contributed by atoms with Gasteiger partial charge in [-0.15, -0.1) is 0 Å². The van der Waals surface area contributed by atoms with Gasteiger partial charge in [-0.1, -0.05) is 24.3 Å². The molecule has 1 amide bonds. The summed E-state index contributed by atoms with van der Waals surface area (Å²) in [5.41, 5.74) is 1.60. The second-order valence-electron chi connectivity index (χ2n) is 7.70. The normalized spacial score (nSPS) is 15.4. The number of anilines is 1. The van der Waals surface area contributed by atoms with Crippen molar-refractivity contribution in [2.24, 2.45) is 0 Å². The molecule has 1 atom stereocenters. The second-order valence-corrected chi connectivity index (χ2v) is 8.09. The summed E-state index contributed by atoms with van der Waals surface area (Å²) in [5.74, 6) is 0.787. The number of rotatable bonds is 6. The highest BCUT2D eigenvalue weighted by molar-refractivity contribution is 7.71. The van der Waals surface area contributed by atoms with Crippen LogP contribution in [0.1, 0.15) is 13.3 Å². The van der Waals surface area contributed by atoms with Gasteiger partial charge in [-0.05, 0) is 43.4 Å². The predicted octanol–water partition coefficient (Wildman–Crippen LogP) is 3.20. The average molecular weight is 439 g/mol. The summed E-state index contributed by atoms with van der Waals surface area (Å²) in [4.78, 5) is 32.5. The Morgan fingerprint density at radius 2 is 1.97 bits per heavy atom. The Bertz CT molecular complexity index is 1220. The van der Waals surface area contributed by atoms with Crippen LogP contribution in [0.25, 0.3) is 10.9 Å². The second kappa shape index (κ2) is 8.93. The van der Waals surface area contributed by atoms with E-state index in [0.717, 1.165) is 24.5 Å². The van der Waals surface area contributed by atoms with Crippen LogP contribution in [-0.2, 0) is 11.3 Å². The average Bonchev–Trinajstić information content (AvgIpc) is 2.78. The number of nitrogens with zero attached hydrogens (tertiary/aromatic N) is 3. The van der Waals surface area contributed by atoms with Crippen molar-refractivity contribution in [2.75, 3.05) is 31.6 Å². The number of likely N-dealkylation sites (N-methyl/N-ethyl adjacent to an activating group) is 2. The first kappa shape index (κ1) is 21.1. The van der Waals surface area contributed by atoms with E-state index in [2.05, 4.69) is 22.9 Å². The van der Waals surface area contributed by atoms with Crippen molar-refractivity contribution in [3.63, 3.8) is 0 Å². The molecule has 1 N–H and O–H groups in total. The Labute approximate surface area is 185 Å². The van der Waals surface area contributed by atoms with Gasteiger partial charge in [0.1, 0.15) is 11.9 Å². The third-order valence-electron chi connectivity index (χ3n) is 5.65. The lowest BCUT2D eigenvalue weighted by Gasteiger charge is -2.37. The standard InChI is InChI=1S/C23H26N4O3S/c1-3-26-15-16(30-20-11-7-6-10-19(20)26)14-25(2)21(28)12-13-27-22(29)17-8-4-5-9-18(17)24-23(27)31/h4-11,16H,3,12-15H2,1-2H3,(H,24,31). The molecule has 0 saturated carbocycles. The largest absolute Gasteiger partial charge is 0.485 e. The number of aromatic nitrogens is 2. The van der Waals surface area contributed by atoms with Gasteiger partial charge in [0, 0.05) is 26.6 Å². The van der Waals surface area contributed by atoms with Crippen LogP contribution in [0, 0.1) is 4.77 Å². The van der Waals surface area contributed by atoms with E-state index in [9.17, 15) is 9.59 Å². The number of benzene rings is 2. The Balaban J connectivity index is 1.42. The number of ether oxygens (including phenoxy) is 1. The fourth-order valence-electron chi connectivity index (χ4n) is 3.98. The fraction of sp³-hybridized carbons (Fsp3) is 0.348. The number of para-hydroxylation sites is 3. The van der Waals surface area contributed by atoms with Crippen molar-refractivity contribution in [1.82, 2.24) is 14.5 Å². The molecule has 1 aliphatic rings. The molecule has 0 aliphatic carbocycles. The van der Waals surface area contributed by atoms with Gasteiger partial charge >= 0.3 is 0 Å². The van der Waals surface area contributed by atoms with Gasteiger partial charge in [-0.2, -0.15) is 0 Å². The van der Waals surface area contributed by atoms with Gasteiger partial charge in [0.05, 0.1) is 29.7 Å². The summed E-state index contributed by atoms with van der Waals surface area (Å²) in [6, 6.07) is 15.2. The molecule has 0 spiro atoms. The van der Waals surface area contributed by atoms with Crippen LogP contribution in [0.4, 0.5) is 5.69 Å². The molecular weight excluding hydrogens is 412 g/mol. The third-order valence-corrected chi connectivity index (χ3v) is 5.97. The van der Waals surface area contributed by atoms with Crippen molar-refractivity contribution < 1.29 is 9.53 Å². The molecule has 4 rings (SSSR count). The van der Waals surface area contributed by atoms with E-state index in [0.29, 0.717) is 22.2 Å². The first-order valence-electron chi connectivity index (χ1n) is 10.4. The number of H-pyrrole nitrogens is 1. The summed E-state index contributed by atoms with van der Waals surface area (Å²) in [5, 5.41) is 0.561. The van der Waals surface area contributed by atoms with Crippen molar-refractivity contribution in [1.29, 1.82) is 0 Å². The summed E-state index contributed by atoms with van der Waals surface area (Å²) >= 11 is 5.34. The molecule has 31 heavy (non-hydrogen) atoms. The Morgan fingerprint density at radius 1 is 1.23 bits per heavy atom. The van der Waals surface area contributed by atoms with Gasteiger partial charge in [-0.3, -0.25) is 14.2 Å². The molecule has 0 bridgehead atoms. The monoisotopic (exact) mass is 438 g/mol. The van der Waals surface area contributed by atoms with E-state index >= 15 is 0 Å². The van der Waals surface area contributed by atoms with Crippen LogP contribution in [0.3, 0.4) is 0 Å². The van der Waals surface area contributed by atoms with E-state index in [4.69, 9.17) is 17.0 Å². The zero-order valence-electron chi connectivity index (χ0n) is 17.7. The first-order valence-corrected chi connectivity index (χ1v) is 10.8. The van der Waals surface area contributed by atoms with Gasteiger partial charge < -0.3 is 19.5 Å². The Morgan fingerprint density at radius 3 is 2.77 bits per heavy atom. The van der Waals surface area contributed by atoms with Gasteiger partial charge in [0.25, 0.3) is 5.56 Å². The van der Waals surface area contributed by atoms with E-state index in [1.165, 1.54) is 4.57 Å². The molecule has 7 nitrogen and oxygen atoms in total. The molecule has 1 unspecified atom stereocenters. The molecule has 1 aliphatic heterocycles. The van der Waals surface area contributed by atoms with Crippen molar-refractivity contribution >= 4 is 34.7 Å². The number of fused-ring (bicyclic) bond motifs is 2. The highest BCUT2D eigenvalue weighted by Crippen LogP contribution is 2.32. The lowest BCUT2D eigenvalue weighted by molar-refractivity contribution is -0.131. The zero-order chi connectivity index (χ0) is 22.0. The van der Waals surface area contributed by atoms with Crippen LogP contribution in [0.2, 0.25) is 0 Å². The highest BCUT2D eigenvalue weighted by atomic mass is 32.1. The lowest BCUT2D eigenvalue weighted by atomic mass is 10.1. The number of carbonyl (C=O) groups is 1. The summed E-state index contributed by atoms with van der Waals surface area (Å²) in [6.07, 6.45) is 0.0718. The van der Waals surface area contributed by atoms with Crippen LogP contribution >= 0.6 is 12.2 Å². The molecule has 0 fully saturated rings. The Hall–Kier alpha value is -3.13. The molecular formula is C23H26N4O3S. The molecule has 3 aromatic rings. The van der Waals surface area contributed by atoms with E-state index in [1.807, 2.05) is 36.4 Å². The minimum atomic E-state index is -0.180. The molecule has 0 saturated heterocycles. The maximum Gasteiger partial charge on any atom is 0.262 e. The zero-order valence-corrected chi connectivity index (χ0v) is 18.5. The molecule has 1 aromatic heterocycles. The number of hydrogen-bond donors (Lipinski definition) is 1. The molecule has 2 heterocycles. The molecule has 2 aromatic carbocycles. The van der Waals surface area contributed by atoms with Crippen LogP contribution in [-0.4, -0.2) is 53.1 Å². The van der Waals surface area contributed by atoms with Gasteiger partial charge in [0.2, 0.25) is 5.91 Å². The topological polar surface area (TPSA) is 70.6 Å². The fourth-order valence-corrected chi connectivity index (χ4v) is 4.27. The third kappa shape index (κ3) is 4.34. The van der Waals surface area contributed by atoms with Crippen molar-refractivity contribution in [3.8, 4) is 5.75 Å². The van der Waals surface area contributed by atoms with Crippen LogP contribution in [0.15, 0.2) is 53.3 Å². The molecule has 0 radical (unpaired) electrons. The quantitative estimate of drug-likeness (QED) is 0.599. The van der Waals surface area contributed by atoms with Crippen LogP contribution < -0.4 is 15.2 Å². The first-order chi connectivity index (χ1) is 15.0. The van der Waals surface area contributed by atoms with E-state index in [-0.39, 0.29) is 30.5 Å². The number of hydrogen-bond acceptors (Lipinski definition) is 5. The van der Waals surface area contributed by atoms with E-state index in [1.54, 1.807) is 18.0 Å². The highest BCUT2D eigenvalue weighted by Gasteiger charge is 2.26. The summed E-state index contributed by atoms with van der Waals surface area (Å²) in [7, 11) is 1.77. The minimum absolute atomic E-state index is 0.0556.